The van der Waals surface area contributed by atoms with E-state index in [1.165, 1.54) is 48.7 Å². The van der Waals surface area contributed by atoms with Crippen LogP contribution in [0.25, 0.3) is 0 Å². The van der Waals surface area contributed by atoms with Crippen LogP contribution in [0.1, 0.15) is 16.7 Å². The number of hydrazone groups is 1. The summed E-state index contributed by atoms with van der Waals surface area (Å²) in [5.41, 5.74) is 4.41. The SMILES string of the molecule is Cc1ccccc1CN(CC(=O)N/N=C\c1cccc(F)c1)S(=O)(=O)c1ccc(Cl)cc1. The summed E-state index contributed by atoms with van der Waals surface area (Å²) in [5, 5.41) is 4.20. The van der Waals surface area contributed by atoms with Crippen LogP contribution in [-0.2, 0) is 21.4 Å². The summed E-state index contributed by atoms with van der Waals surface area (Å²) in [4.78, 5) is 12.5. The lowest BCUT2D eigenvalue weighted by molar-refractivity contribution is -0.121. The molecule has 32 heavy (non-hydrogen) atoms. The molecule has 3 rings (SSSR count). The van der Waals surface area contributed by atoms with Gasteiger partial charge >= 0.3 is 0 Å². The first kappa shape index (κ1) is 23.6. The summed E-state index contributed by atoms with van der Waals surface area (Å²) in [5.74, 6) is -1.07. The van der Waals surface area contributed by atoms with Crippen molar-refractivity contribution >= 4 is 33.7 Å². The minimum Gasteiger partial charge on any atom is -0.272 e. The highest BCUT2D eigenvalue weighted by Gasteiger charge is 2.27. The molecule has 0 heterocycles. The van der Waals surface area contributed by atoms with E-state index in [-0.39, 0.29) is 11.4 Å². The van der Waals surface area contributed by atoms with Crippen LogP contribution in [0.15, 0.2) is 82.8 Å². The van der Waals surface area contributed by atoms with Crippen LogP contribution in [0, 0.1) is 12.7 Å². The number of nitrogens with one attached hydrogen (secondary N) is 1. The molecule has 1 amide bonds. The Morgan fingerprint density at radius 2 is 1.81 bits per heavy atom. The van der Waals surface area contributed by atoms with E-state index in [1.54, 1.807) is 18.2 Å². The van der Waals surface area contributed by atoms with Gasteiger partial charge in [-0.15, -0.1) is 0 Å². The van der Waals surface area contributed by atoms with Crippen molar-refractivity contribution in [3.63, 3.8) is 0 Å². The highest BCUT2D eigenvalue weighted by atomic mass is 35.5. The van der Waals surface area contributed by atoms with Gasteiger partial charge in [-0.25, -0.2) is 18.2 Å². The van der Waals surface area contributed by atoms with Crippen LogP contribution in [0.2, 0.25) is 5.02 Å². The van der Waals surface area contributed by atoms with Crippen molar-refractivity contribution in [1.82, 2.24) is 9.73 Å². The van der Waals surface area contributed by atoms with Gasteiger partial charge in [0.1, 0.15) is 5.82 Å². The zero-order valence-corrected chi connectivity index (χ0v) is 18.8. The molecule has 0 bridgehead atoms. The molecule has 1 N–H and O–H groups in total. The minimum atomic E-state index is -4.00. The maximum absolute atomic E-state index is 13.3. The summed E-state index contributed by atoms with van der Waals surface area (Å²) in [6.45, 7) is 1.41. The Hall–Kier alpha value is -3.07. The molecular formula is C23H21ClFN3O3S. The number of amides is 1. The molecule has 166 valence electrons. The van der Waals surface area contributed by atoms with Gasteiger partial charge in [-0.3, -0.25) is 4.79 Å². The quantitative estimate of drug-likeness (QED) is 0.394. The molecule has 0 radical (unpaired) electrons. The third kappa shape index (κ3) is 6.23. The first-order valence-electron chi connectivity index (χ1n) is 9.63. The summed E-state index contributed by atoms with van der Waals surface area (Å²) in [7, 11) is -4.00. The monoisotopic (exact) mass is 473 g/mol. The number of rotatable bonds is 8. The van der Waals surface area contributed by atoms with Gasteiger partial charge in [0.25, 0.3) is 5.91 Å². The van der Waals surface area contributed by atoms with E-state index in [0.717, 1.165) is 15.4 Å². The largest absolute Gasteiger partial charge is 0.272 e. The Morgan fingerprint density at radius 1 is 1.09 bits per heavy atom. The number of hydrogen-bond donors (Lipinski definition) is 1. The van der Waals surface area contributed by atoms with Gasteiger partial charge in [0.15, 0.2) is 0 Å². The van der Waals surface area contributed by atoms with Gasteiger partial charge in [0.2, 0.25) is 10.0 Å². The van der Waals surface area contributed by atoms with Crippen molar-refractivity contribution in [1.29, 1.82) is 0 Å². The van der Waals surface area contributed by atoms with Gasteiger partial charge < -0.3 is 0 Å². The smallest absolute Gasteiger partial charge is 0.255 e. The molecule has 0 saturated heterocycles. The Kier molecular flexibility index (Phi) is 7.74. The van der Waals surface area contributed by atoms with Gasteiger partial charge in [-0.1, -0.05) is 48.0 Å². The van der Waals surface area contributed by atoms with E-state index >= 15 is 0 Å². The standard InChI is InChI=1S/C23H21ClFN3O3S/c1-17-5-2-3-7-19(17)15-28(32(30,31)22-11-9-20(24)10-12-22)16-23(29)27-26-14-18-6-4-8-21(25)13-18/h2-14H,15-16H2,1H3,(H,27,29)/b26-14-. The zero-order valence-electron chi connectivity index (χ0n) is 17.2. The predicted octanol–water partition coefficient (Wildman–Crippen LogP) is 4.13. The molecule has 0 aromatic heterocycles. The molecule has 9 heteroatoms. The van der Waals surface area contributed by atoms with Crippen LogP contribution in [0.5, 0.6) is 0 Å². The molecule has 0 atom stereocenters. The van der Waals surface area contributed by atoms with Crippen LogP contribution >= 0.6 is 11.6 Å². The second-order valence-electron chi connectivity index (χ2n) is 7.00. The number of hydrogen-bond acceptors (Lipinski definition) is 4. The topological polar surface area (TPSA) is 78.8 Å². The van der Waals surface area contributed by atoms with Crippen molar-refractivity contribution < 1.29 is 17.6 Å². The maximum Gasteiger partial charge on any atom is 0.255 e. The third-order valence-electron chi connectivity index (χ3n) is 4.63. The van der Waals surface area contributed by atoms with Crippen LogP contribution in [0.4, 0.5) is 4.39 Å². The van der Waals surface area contributed by atoms with Crippen molar-refractivity contribution in [2.24, 2.45) is 5.10 Å². The number of halogens is 2. The van der Waals surface area contributed by atoms with E-state index in [9.17, 15) is 17.6 Å². The number of carbonyl (C=O) groups is 1. The van der Waals surface area contributed by atoms with Gasteiger partial charge in [-0.2, -0.15) is 9.41 Å². The average molecular weight is 474 g/mol. The molecule has 0 saturated carbocycles. The Labute approximate surface area is 191 Å². The zero-order chi connectivity index (χ0) is 23.1. The molecule has 0 spiro atoms. The van der Waals surface area contributed by atoms with E-state index in [1.807, 2.05) is 19.1 Å². The van der Waals surface area contributed by atoms with Crippen LogP contribution in [0.3, 0.4) is 0 Å². The molecule has 0 fully saturated rings. The van der Waals surface area contributed by atoms with Crippen LogP contribution in [-0.4, -0.2) is 31.4 Å². The number of benzene rings is 3. The van der Waals surface area contributed by atoms with Crippen molar-refractivity contribution in [2.75, 3.05) is 6.54 Å². The lowest BCUT2D eigenvalue weighted by Gasteiger charge is -2.22. The second-order valence-corrected chi connectivity index (χ2v) is 9.38. The average Bonchev–Trinajstić information content (AvgIpc) is 2.75. The Morgan fingerprint density at radius 3 is 2.50 bits per heavy atom. The number of nitrogens with zero attached hydrogens (tertiary/aromatic N) is 2. The fourth-order valence-electron chi connectivity index (χ4n) is 2.92. The molecule has 0 aliphatic heterocycles. The molecule has 3 aromatic carbocycles. The predicted molar refractivity (Wildman–Crippen MR) is 122 cm³/mol. The second kappa shape index (κ2) is 10.5. The first-order chi connectivity index (χ1) is 15.3. The Balaban J connectivity index is 1.81. The molecule has 3 aromatic rings. The normalized spacial score (nSPS) is 11.8. The molecule has 6 nitrogen and oxygen atoms in total. The number of aryl methyl sites for hydroxylation is 1. The van der Waals surface area contributed by atoms with Gasteiger partial charge in [-0.05, 0) is 60.0 Å². The van der Waals surface area contributed by atoms with Crippen molar-refractivity contribution in [2.45, 2.75) is 18.4 Å². The fourth-order valence-corrected chi connectivity index (χ4v) is 4.42. The van der Waals surface area contributed by atoms with E-state index in [4.69, 9.17) is 11.6 Å². The maximum atomic E-state index is 13.3. The fraction of sp³-hybridized carbons (Fsp3) is 0.130. The van der Waals surface area contributed by atoms with E-state index < -0.39 is 28.3 Å². The lowest BCUT2D eigenvalue weighted by Crippen LogP contribution is -2.39. The van der Waals surface area contributed by atoms with Gasteiger partial charge in [0, 0.05) is 11.6 Å². The highest BCUT2D eigenvalue weighted by Crippen LogP contribution is 2.21. The summed E-state index contributed by atoms with van der Waals surface area (Å²) in [6.07, 6.45) is 1.28. The van der Waals surface area contributed by atoms with E-state index in [2.05, 4.69) is 10.5 Å². The van der Waals surface area contributed by atoms with Gasteiger partial charge in [0.05, 0.1) is 17.7 Å². The molecular weight excluding hydrogens is 453 g/mol. The van der Waals surface area contributed by atoms with E-state index in [0.29, 0.717) is 10.6 Å². The molecule has 0 aliphatic rings. The van der Waals surface area contributed by atoms with Crippen molar-refractivity contribution in [3.05, 3.63) is 100 Å². The number of carbonyl (C=O) groups excluding carboxylic acids is 1. The number of sulfonamides is 1. The summed E-state index contributed by atoms with van der Waals surface area (Å²) >= 11 is 5.88. The van der Waals surface area contributed by atoms with Crippen molar-refractivity contribution in [3.8, 4) is 0 Å². The lowest BCUT2D eigenvalue weighted by atomic mass is 10.1. The first-order valence-corrected chi connectivity index (χ1v) is 11.5. The Bertz CT molecular complexity index is 1230. The highest BCUT2D eigenvalue weighted by molar-refractivity contribution is 7.89. The summed E-state index contributed by atoms with van der Waals surface area (Å²) in [6, 6.07) is 18.7. The molecule has 0 unspecified atom stereocenters. The third-order valence-corrected chi connectivity index (χ3v) is 6.69. The molecule has 0 aliphatic carbocycles. The summed E-state index contributed by atoms with van der Waals surface area (Å²) < 4.78 is 40.8. The minimum absolute atomic E-state index is 0.00133. The van der Waals surface area contributed by atoms with Crippen LogP contribution < -0.4 is 5.43 Å².